The van der Waals surface area contributed by atoms with Crippen LogP contribution in [0.3, 0.4) is 0 Å². The monoisotopic (exact) mass is 368 g/mol. The molecule has 126 valence electrons. The number of allylic oxidation sites excluding steroid dienone is 1. The van der Waals surface area contributed by atoms with Crippen molar-refractivity contribution in [1.29, 1.82) is 0 Å². The zero-order chi connectivity index (χ0) is 17.2. The predicted octanol–water partition coefficient (Wildman–Crippen LogP) is 4.93. The summed E-state index contributed by atoms with van der Waals surface area (Å²) >= 11 is 3.36. The zero-order valence-electron chi connectivity index (χ0n) is 13.7. The first kappa shape index (κ1) is 16.1. The van der Waals surface area contributed by atoms with Crippen LogP contribution in [0, 0.1) is 6.92 Å². The number of fused-ring (bicyclic) bond motifs is 1. The SMILES string of the molecule is C=CCn1c(SCc2nc3ccccc3s2)nnc1-c1ccoc1C. The Bertz CT molecular complexity index is 998. The largest absolute Gasteiger partial charge is 0.469 e. The Morgan fingerprint density at radius 2 is 2.16 bits per heavy atom. The maximum atomic E-state index is 5.40. The van der Waals surface area contributed by atoms with Gasteiger partial charge in [0.05, 0.1) is 27.8 Å². The minimum Gasteiger partial charge on any atom is -0.469 e. The molecule has 0 aliphatic heterocycles. The number of benzene rings is 1. The van der Waals surface area contributed by atoms with Gasteiger partial charge in [0.1, 0.15) is 10.8 Å². The quantitative estimate of drug-likeness (QED) is 0.357. The summed E-state index contributed by atoms with van der Waals surface area (Å²) in [6.07, 6.45) is 3.52. The summed E-state index contributed by atoms with van der Waals surface area (Å²) in [6, 6.07) is 10.1. The van der Waals surface area contributed by atoms with Crippen molar-refractivity contribution in [3.63, 3.8) is 0 Å². The van der Waals surface area contributed by atoms with E-state index >= 15 is 0 Å². The van der Waals surface area contributed by atoms with E-state index in [1.165, 1.54) is 4.70 Å². The van der Waals surface area contributed by atoms with Gasteiger partial charge in [0, 0.05) is 6.54 Å². The molecule has 3 aromatic heterocycles. The Labute approximate surface area is 153 Å². The first-order chi connectivity index (χ1) is 12.3. The highest BCUT2D eigenvalue weighted by Crippen LogP contribution is 2.30. The second-order valence-electron chi connectivity index (χ2n) is 5.46. The molecule has 4 rings (SSSR count). The van der Waals surface area contributed by atoms with E-state index in [0.717, 1.165) is 38.6 Å². The molecule has 0 atom stereocenters. The minimum absolute atomic E-state index is 0.648. The van der Waals surface area contributed by atoms with Crippen molar-refractivity contribution in [2.24, 2.45) is 0 Å². The highest BCUT2D eigenvalue weighted by molar-refractivity contribution is 7.98. The van der Waals surface area contributed by atoms with Crippen molar-refractivity contribution in [2.45, 2.75) is 24.4 Å². The van der Waals surface area contributed by atoms with Gasteiger partial charge in [0.15, 0.2) is 11.0 Å². The summed E-state index contributed by atoms with van der Waals surface area (Å²) in [4.78, 5) is 4.68. The molecular formula is C18H16N4OS2. The fraction of sp³-hybridized carbons (Fsp3) is 0.167. The maximum Gasteiger partial charge on any atom is 0.192 e. The normalized spacial score (nSPS) is 11.2. The van der Waals surface area contributed by atoms with Crippen molar-refractivity contribution in [2.75, 3.05) is 0 Å². The molecular weight excluding hydrogens is 352 g/mol. The molecule has 0 fully saturated rings. The Hall–Kier alpha value is -2.38. The van der Waals surface area contributed by atoms with Gasteiger partial charge >= 0.3 is 0 Å². The average molecular weight is 368 g/mol. The molecule has 0 saturated heterocycles. The van der Waals surface area contributed by atoms with Crippen molar-refractivity contribution in [3.05, 3.63) is 60.0 Å². The Balaban J connectivity index is 1.60. The van der Waals surface area contributed by atoms with Gasteiger partial charge in [0.25, 0.3) is 0 Å². The number of para-hydroxylation sites is 1. The molecule has 0 unspecified atom stereocenters. The highest BCUT2D eigenvalue weighted by Gasteiger charge is 2.17. The van der Waals surface area contributed by atoms with E-state index in [1.807, 2.05) is 37.3 Å². The number of hydrogen-bond acceptors (Lipinski definition) is 6. The Morgan fingerprint density at radius 3 is 2.92 bits per heavy atom. The summed E-state index contributed by atoms with van der Waals surface area (Å²) < 4.78 is 8.67. The number of thiazole rings is 1. The van der Waals surface area contributed by atoms with E-state index in [9.17, 15) is 0 Å². The molecule has 7 heteroatoms. The van der Waals surface area contributed by atoms with Crippen LogP contribution in [-0.2, 0) is 12.3 Å². The molecule has 4 aromatic rings. The van der Waals surface area contributed by atoms with Gasteiger partial charge in [-0.3, -0.25) is 4.57 Å². The molecule has 1 aromatic carbocycles. The highest BCUT2D eigenvalue weighted by atomic mass is 32.2. The molecule has 0 radical (unpaired) electrons. The Kier molecular flexibility index (Phi) is 4.42. The maximum absolute atomic E-state index is 5.40. The lowest BCUT2D eigenvalue weighted by molar-refractivity contribution is 0.534. The first-order valence-corrected chi connectivity index (χ1v) is 9.62. The number of aromatic nitrogens is 4. The van der Waals surface area contributed by atoms with Crippen molar-refractivity contribution < 1.29 is 4.42 Å². The molecule has 0 aliphatic rings. The van der Waals surface area contributed by atoms with Gasteiger partial charge < -0.3 is 4.42 Å². The van der Waals surface area contributed by atoms with Crippen LogP contribution in [0.5, 0.6) is 0 Å². The van der Waals surface area contributed by atoms with Crippen LogP contribution >= 0.6 is 23.1 Å². The van der Waals surface area contributed by atoms with Gasteiger partial charge in [-0.1, -0.05) is 30.0 Å². The van der Waals surface area contributed by atoms with E-state index in [2.05, 4.69) is 32.4 Å². The van der Waals surface area contributed by atoms with Gasteiger partial charge in [-0.05, 0) is 25.1 Å². The second kappa shape index (κ2) is 6.85. The van der Waals surface area contributed by atoms with Crippen LogP contribution < -0.4 is 0 Å². The van der Waals surface area contributed by atoms with Crippen molar-refractivity contribution in [3.8, 4) is 11.4 Å². The average Bonchev–Trinajstić information content (AvgIpc) is 3.31. The van der Waals surface area contributed by atoms with Crippen LogP contribution in [-0.4, -0.2) is 19.7 Å². The lowest BCUT2D eigenvalue weighted by atomic mass is 10.2. The van der Waals surface area contributed by atoms with Crippen LogP contribution in [0.1, 0.15) is 10.8 Å². The standard InChI is InChI=1S/C18H16N4OS2/c1-3-9-22-17(13-8-10-23-12(13)2)20-21-18(22)24-11-16-19-14-6-4-5-7-15(14)25-16/h3-8,10H,1,9,11H2,2H3. The van der Waals surface area contributed by atoms with Gasteiger partial charge in [0.2, 0.25) is 0 Å². The lowest BCUT2D eigenvalue weighted by Gasteiger charge is -2.06. The van der Waals surface area contributed by atoms with Crippen molar-refractivity contribution >= 4 is 33.3 Å². The number of rotatable bonds is 6. The van der Waals surface area contributed by atoms with Crippen LogP contribution in [0.15, 0.2) is 58.8 Å². The topological polar surface area (TPSA) is 56.7 Å². The van der Waals surface area contributed by atoms with E-state index < -0.39 is 0 Å². The number of thioether (sulfide) groups is 1. The fourth-order valence-corrected chi connectivity index (χ4v) is 4.52. The van der Waals surface area contributed by atoms with E-state index in [0.29, 0.717) is 6.54 Å². The third kappa shape index (κ3) is 3.12. The molecule has 0 spiro atoms. The molecule has 25 heavy (non-hydrogen) atoms. The molecule has 3 heterocycles. The second-order valence-corrected chi connectivity index (χ2v) is 7.52. The molecule has 0 aliphatic carbocycles. The van der Waals surface area contributed by atoms with E-state index in [4.69, 9.17) is 4.42 Å². The summed E-state index contributed by atoms with van der Waals surface area (Å²) in [5, 5.41) is 10.7. The molecule has 0 N–H and O–H groups in total. The zero-order valence-corrected chi connectivity index (χ0v) is 15.3. The van der Waals surface area contributed by atoms with E-state index in [1.54, 1.807) is 29.4 Å². The summed E-state index contributed by atoms with van der Waals surface area (Å²) in [5.74, 6) is 2.40. The number of aryl methyl sites for hydroxylation is 1. The van der Waals surface area contributed by atoms with Crippen LogP contribution in [0.4, 0.5) is 0 Å². The van der Waals surface area contributed by atoms with Gasteiger partial charge in [-0.25, -0.2) is 4.98 Å². The third-order valence-corrected chi connectivity index (χ3v) is 5.99. The van der Waals surface area contributed by atoms with Gasteiger partial charge in [-0.15, -0.1) is 28.1 Å². The molecule has 5 nitrogen and oxygen atoms in total. The minimum atomic E-state index is 0.648. The van der Waals surface area contributed by atoms with Crippen LogP contribution in [0.25, 0.3) is 21.6 Å². The number of furan rings is 1. The third-order valence-electron chi connectivity index (χ3n) is 3.79. The Morgan fingerprint density at radius 1 is 1.28 bits per heavy atom. The molecule has 0 bridgehead atoms. The van der Waals surface area contributed by atoms with Crippen molar-refractivity contribution in [1.82, 2.24) is 19.7 Å². The fourth-order valence-electron chi connectivity index (χ4n) is 2.61. The van der Waals surface area contributed by atoms with E-state index in [-0.39, 0.29) is 0 Å². The first-order valence-electron chi connectivity index (χ1n) is 7.82. The number of nitrogens with zero attached hydrogens (tertiary/aromatic N) is 4. The smallest absolute Gasteiger partial charge is 0.192 e. The summed E-state index contributed by atoms with van der Waals surface area (Å²) in [5.41, 5.74) is 2.01. The summed E-state index contributed by atoms with van der Waals surface area (Å²) in [7, 11) is 0. The number of hydrogen-bond donors (Lipinski definition) is 0. The summed E-state index contributed by atoms with van der Waals surface area (Å²) in [6.45, 7) is 6.42. The predicted molar refractivity (Wildman–Crippen MR) is 102 cm³/mol. The van der Waals surface area contributed by atoms with Crippen LogP contribution in [0.2, 0.25) is 0 Å². The van der Waals surface area contributed by atoms with Gasteiger partial charge in [-0.2, -0.15) is 0 Å². The lowest BCUT2D eigenvalue weighted by Crippen LogP contribution is -2.00. The molecule has 0 amide bonds. The molecule has 0 saturated carbocycles.